The third-order valence-electron chi connectivity index (χ3n) is 2.40. The molecule has 0 aromatic carbocycles. The number of thioether (sulfide) groups is 1. The van der Waals surface area contributed by atoms with Crippen LogP contribution in [-0.4, -0.2) is 36.6 Å². The Kier molecular flexibility index (Phi) is 4.20. The molecule has 102 valence electrons. The van der Waals surface area contributed by atoms with Crippen LogP contribution in [0.5, 0.6) is 0 Å². The van der Waals surface area contributed by atoms with Gasteiger partial charge in [0.1, 0.15) is 6.33 Å². The molecule has 2 N–H and O–H groups in total. The largest absolute Gasteiger partial charge is 0.308 e. The summed E-state index contributed by atoms with van der Waals surface area (Å²) in [4.78, 5) is 11.8. The lowest BCUT2D eigenvalue weighted by atomic mass is 10.4. The molecule has 0 bridgehead atoms. The SMILES string of the molecule is Cc1cc(NC(=O)CSc2nncn2C(C)C)n[nH]1. The quantitative estimate of drug-likeness (QED) is 0.812. The van der Waals surface area contributed by atoms with Crippen LogP contribution in [0.2, 0.25) is 0 Å². The lowest BCUT2D eigenvalue weighted by Crippen LogP contribution is -2.15. The van der Waals surface area contributed by atoms with Gasteiger partial charge in [-0.15, -0.1) is 10.2 Å². The molecule has 2 aromatic rings. The Morgan fingerprint density at radius 1 is 1.58 bits per heavy atom. The minimum absolute atomic E-state index is 0.116. The van der Waals surface area contributed by atoms with E-state index in [0.717, 1.165) is 10.9 Å². The Morgan fingerprint density at radius 3 is 3.00 bits per heavy atom. The average Bonchev–Trinajstić information content (AvgIpc) is 2.95. The lowest BCUT2D eigenvalue weighted by molar-refractivity contribution is -0.113. The molecule has 0 unspecified atom stereocenters. The lowest BCUT2D eigenvalue weighted by Gasteiger charge is -2.08. The number of hydrogen-bond donors (Lipinski definition) is 2. The molecule has 0 saturated heterocycles. The van der Waals surface area contributed by atoms with E-state index in [9.17, 15) is 4.79 Å². The standard InChI is InChI=1S/C11H16N6OS/c1-7(2)17-6-12-16-11(17)19-5-10(18)13-9-4-8(3)14-15-9/h4,6-7H,5H2,1-3H3,(H2,13,14,15,18). The molecule has 0 atom stereocenters. The molecule has 2 aromatic heterocycles. The van der Waals surface area contributed by atoms with Gasteiger partial charge in [0.15, 0.2) is 11.0 Å². The smallest absolute Gasteiger partial charge is 0.236 e. The first-order valence-electron chi connectivity index (χ1n) is 5.90. The summed E-state index contributed by atoms with van der Waals surface area (Å²) in [6.07, 6.45) is 1.67. The first kappa shape index (κ1) is 13.6. The number of aromatic amines is 1. The predicted octanol–water partition coefficient (Wildman–Crippen LogP) is 1.62. The van der Waals surface area contributed by atoms with Gasteiger partial charge >= 0.3 is 0 Å². The van der Waals surface area contributed by atoms with Gasteiger partial charge in [0.2, 0.25) is 5.91 Å². The molecular formula is C11H16N6OS. The van der Waals surface area contributed by atoms with Crippen molar-refractivity contribution < 1.29 is 4.79 Å². The van der Waals surface area contributed by atoms with Crippen molar-refractivity contribution in [2.24, 2.45) is 0 Å². The van der Waals surface area contributed by atoms with Gasteiger partial charge in [-0.1, -0.05) is 11.8 Å². The third-order valence-corrected chi connectivity index (χ3v) is 3.36. The zero-order valence-electron chi connectivity index (χ0n) is 11.0. The first-order chi connectivity index (χ1) is 9.06. The van der Waals surface area contributed by atoms with E-state index < -0.39 is 0 Å². The van der Waals surface area contributed by atoms with E-state index >= 15 is 0 Å². The van der Waals surface area contributed by atoms with Crippen LogP contribution >= 0.6 is 11.8 Å². The second-order valence-corrected chi connectivity index (χ2v) is 5.33. The highest BCUT2D eigenvalue weighted by Crippen LogP contribution is 2.18. The summed E-state index contributed by atoms with van der Waals surface area (Å²) in [5.74, 6) is 0.695. The summed E-state index contributed by atoms with van der Waals surface area (Å²) in [6.45, 7) is 5.96. The molecule has 2 heterocycles. The summed E-state index contributed by atoms with van der Waals surface area (Å²) in [6, 6.07) is 2.05. The van der Waals surface area contributed by atoms with E-state index in [1.54, 1.807) is 12.4 Å². The number of aromatic nitrogens is 5. The molecule has 8 heteroatoms. The van der Waals surface area contributed by atoms with E-state index in [-0.39, 0.29) is 17.7 Å². The van der Waals surface area contributed by atoms with Gasteiger partial charge in [0.05, 0.1) is 5.75 Å². The predicted molar refractivity (Wildman–Crippen MR) is 73.1 cm³/mol. The van der Waals surface area contributed by atoms with Gasteiger partial charge in [-0.3, -0.25) is 9.89 Å². The van der Waals surface area contributed by atoms with Crippen LogP contribution in [0.1, 0.15) is 25.6 Å². The van der Waals surface area contributed by atoms with Gasteiger partial charge in [-0.05, 0) is 20.8 Å². The fourth-order valence-corrected chi connectivity index (χ4v) is 2.32. The Labute approximate surface area is 115 Å². The van der Waals surface area contributed by atoms with Crippen LogP contribution < -0.4 is 5.32 Å². The normalized spacial score (nSPS) is 10.9. The molecule has 0 saturated carbocycles. The Balaban J connectivity index is 1.88. The fraction of sp³-hybridized carbons (Fsp3) is 0.455. The maximum atomic E-state index is 11.8. The van der Waals surface area contributed by atoms with Crippen molar-refractivity contribution in [3.63, 3.8) is 0 Å². The van der Waals surface area contributed by atoms with Crippen molar-refractivity contribution in [3.05, 3.63) is 18.1 Å². The molecule has 0 aliphatic carbocycles. The summed E-state index contributed by atoms with van der Waals surface area (Å²) in [5, 5.41) is 18.0. The number of nitrogens with zero attached hydrogens (tertiary/aromatic N) is 4. The number of H-pyrrole nitrogens is 1. The van der Waals surface area contributed by atoms with Gasteiger partial charge in [0, 0.05) is 17.8 Å². The summed E-state index contributed by atoms with van der Waals surface area (Å²) in [5.41, 5.74) is 0.905. The minimum atomic E-state index is -0.116. The Hall–Kier alpha value is -1.83. The number of rotatable bonds is 5. The Morgan fingerprint density at radius 2 is 2.37 bits per heavy atom. The molecule has 2 rings (SSSR count). The maximum Gasteiger partial charge on any atom is 0.236 e. The van der Waals surface area contributed by atoms with E-state index in [2.05, 4.69) is 25.7 Å². The molecule has 0 aliphatic heterocycles. The number of carbonyl (C=O) groups excluding carboxylic acids is 1. The van der Waals surface area contributed by atoms with Crippen molar-refractivity contribution in [1.29, 1.82) is 0 Å². The van der Waals surface area contributed by atoms with E-state index in [4.69, 9.17) is 0 Å². The minimum Gasteiger partial charge on any atom is -0.308 e. The van der Waals surface area contributed by atoms with E-state index in [0.29, 0.717) is 5.82 Å². The van der Waals surface area contributed by atoms with Gasteiger partial charge in [-0.2, -0.15) is 5.10 Å². The number of carbonyl (C=O) groups is 1. The molecule has 0 aliphatic rings. The summed E-state index contributed by atoms with van der Waals surface area (Å²) in [7, 11) is 0. The average molecular weight is 280 g/mol. The van der Waals surface area contributed by atoms with Crippen molar-refractivity contribution in [1.82, 2.24) is 25.0 Å². The van der Waals surface area contributed by atoms with Crippen LogP contribution in [0.4, 0.5) is 5.82 Å². The number of anilines is 1. The van der Waals surface area contributed by atoms with Gasteiger partial charge in [0.25, 0.3) is 0 Å². The second-order valence-electron chi connectivity index (χ2n) is 4.39. The fourth-order valence-electron chi connectivity index (χ4n) is 1.48. The number of hydrogen-bond acceptors (Lipinski definition) is 5. The topological polar surface area (TPSA) is 88.5 Å². The van der Waals surface area contributed by atoms with Gasteiger partial charge in [-0.25, -0.2) is 0 Å². The van der Waals surface area contributed by atoms with E-state index in [1.807, 2.05) is 25.3 Å². The molecule has 19 heavy (non-hydrogen) atoms. The Bertz CT molecular complexity index is 561. The summed E-state index contributed by atoms with van der Waals surface area (Å²) >= 11 is 1.36. The second kappa shape index (κ2) is 5.87. The number of nitrogens with one attached hydrogen (secondary N) is 2. The molecule has 7 nitrogen and oxygen atoms in total. The highest BCUT2D eigenvalue weighted by Gasteiger charge is 2.11. The van der Waals surface area contributed by atoms with Crippen LogP contribution in [0.15, 0.2) is 17.6 Å². The highest BCUT2D eigenvalue weighted by molar-refractivity contribution is 7.99. The van der Waals surface area contributed by atoms with Crippen LogP contribution in [0, 0.1) is 6.92 Å². The molecular weight excluding hydrogens is 264 g/mol. The maximum absolute atomic E-state index is 11.8. The van der Waals surface area contributed by atoms with Crippen molar-refractivity contribution in [2.75, 3.05) is 11.1 Å². The number of amides is 1. The van der Waals surface area contributed by atoms with Crippen LogP contribution in [-0.2, 0) is 4.79 Å². The van der Waals surface area contributed by atoms with Crippen molar-refractivity contribution in [3.8, 4) is 0 Å². The first-order valence-corrected chi connectivity index (χ1v) is 6.89. The van der Waals surface area contributed by atoms with Crippen molar-refractivity contribution in [2.45, 2.75) is 32.0 Å². The van der Waals surface area contributed by atoms with Crippen LogP contribution in [0.25, 0.3) is 0 Å². The van der Waals surface area contributed by atoms with Crippen LogP contribution in [0.3, 0.4) is 0 Å². The highest BCUT2D eigenvalue weighted by atomic mass is 32.2. The monoisotopic (exact) mass is 280 g/mol. The third kappa shape index (κ3) is 3.57. The zero-order valence-corrected chi connectivity index (χ0v) is 11.9. The van der Waals surface area contributed by atoms with Crippen molar-refractivity contribution >= 4 is 23.5 Å². The molecule has 1 amide bonds. The molecule has 0 radical (unpaired) electrons. The molecule has 0 spiro atoms. The zero-order chi connectivity index (χ0) is 13.8. The summed E-state index contributed by atoms with van der Waals surface area (Å²) < 4.78 is 1.93. The number of aryl methyl sites for hydroxylation is 1. The molecule has 0 fully saturated rings. The van der Waals surface area contributed by atoms with Gasteiger partial charge < -0.3 is 9.88 Å². The van der Waals surface area contributed by atoms with E-state index in [1.165, 1.54) is 11.8 Å².